The van der Waals surface area contributed by atoms with E-state index in [0.717, 1.165) is 16.9 Å². The van der Waals surface area contributed by atoms with Gasteiger partial charge in [-0.1, -0.05) is 12.1 Å². The first-order chi connectivity index (χ1) is 12.5. The van der Waals surface area contributed by atoms with E-state index in [2.05, 4.69) is 10.6 Å². The van der Waals surface area contributed by atoms with Crippen molar-refractivity contribution in [2.75, 3.05) is 26.1 Å². The lowest BCUT2D eigenvalue weighted by Gasteiger charge is -2.13. The Morgan fingerprint density at radius 2 is 1.85 bits per heavy atom. The number of carbonyl (C=O) groups is 2. The fraction of sp³-hybridized carbons (Fsp3) is 0.300. The van der Waals surface area contributed by atoms with Crippen molar-refractivity contribution in [3.8, 4) is 11.5 Å². The van der Waals surface area contributed by atoms with E-state index in [1.54, 1.807) is 25.2 Å². The number of hydrogen-bond acceptors (Lipinski definition) is 4. The summed E-state index contributed by atoms with van der Waals surface area (Å²) in [6.45, 7) is 4.26. The molecular weight excluding hydrogens is 332 g/mol. The number of rotatable bonds is 7. The molecule has 0 aliphatic heterocycles. The van der Waals surface area contributed by atoms with E-state index in [0.29, 0.717) is 17.0 Å². The van der Waals surface area contributed by atoms with E-state index < -0.39 is 0 Å². The van der Waals surface area contributed by atoms with Crippen molar-refractivity contribution in [3.05, 3.63) is 53.1 Å². The molecule has 0 spiro atoms. The molecule has 138 valence electrons. The maximum atomic E-state index is 12.2. The molecule has 2 amide bonds. The SMILES string of the molecule is CNC(=O)c1ccc(OC)c(NC(=O)CCOc2cccc(C)c2C)c1. The molecule has 0 bridgehead atoms. The van der Waals surface area contributed by atoms with Crippen LogP contribution in [0.1, 0.15) is 27.9 Å². The molecule has 0 atom stereocenters. The third-order valence-corrected chi connectivity index (χ3v) is 4.10. The van der Waals surface area contributed by atoms with Gasteiger partial charge in [0.15, 0.2) is 0 Å². The van der Waals surface area contributed by atoms with Crippen LogP contribution in [0.15, 0.2) is 36.4 Å². The Labute approximate surface area is 153 Å². The van der Waals surface area contributed by atoms with Crippen molar-refractivity contribution in [1.82, 2.24) is 5.32 Å². The van der Waals surface area contributed by atoms with Crippen LogP contribution >= 0.6 is 0 Å². The second-order valence-corrected chi connectivity index (χ2v) is 5.84. The first kappa shape index (κ1) is 19.3. The van der Waals surface area contributed by atoms with Crippen LogP contribution in [0.5, 0.6) is 11.5 Å². The number of benzene rings is 2. The minimum absolute atomic E-state index is 0.181. The molecule has 0 saturated carbocycles. The maximum absolute atomic E-state index is 12.2. The normalized spacial score (nSPS) is 10.2. The summed E-state index contributed by atoms with van der Waals surface area (Å²) in [4.78, 5) is 24.0. The third kappa shape index (κ3) is 4.75. The van der Waals surface area contributed by atoms with Crippen LogP contribution in [0, 0.1) is 13.8 Å². The highest BCUT2D eigenvalue weighted by Gasteiger charge is 2.12. The Hall–Kier alpha value is -3.02. The topological polar surface area (TPSA) is 76.7 Å². The van der Waals surface area contributed by atoms with Crippen LogP contribution in [-0.2, 0) is 4.79 Å². The van der Waals surface area contributed by atoms with Crippen LogP contribution in [0.2, 0.25) is 0 Å². The van der Waals surface area contributed by atoms with E-state index >= 15 is 0 Å². The van der Waals surface area contributed by atoms with Gasteiger partial charge in [-0.3, -0.25) is 9.59 Å². The Morgan fingerprint density at radius 1 is 1.08 bits per heavy atom. The van der Waals surface area contributed by atoms with E-state index in [-0.39, 0.29) is 24.8 Å². The zero-order valence-corrected chi connectivity index (χ0v) is 15.5. The maximum Gasteiger partial charge on any atom is 0.251 e. The van der Waals surface area contributed by atoms with E-state index in [4.69, 9.17) is 9.47 Å². The molecule has 2 aromatic rings. The molecule has 0 heterocycles. The van der Waals surface area contributed by atoms with Gasteiger partial charge in [0.05, 0.1) is 25.8 Å². The largest absolute Gasteiger partial charge is 0.495 e. The van der Waals surface area contributed by atoms with Crippen LogP contribution in [-0.4, -0.2) is 32.6 Å². The van der Waals surface area contributed by atoms with Crippen molar-refractivity contribution >= 4 is 17.5 Å². The van der Waals surface area contributed by atoms with Crippen molar-refractivity contribution in [1.29, 1.82) is 0 Å². The van der Waals surface area contributed by atoms with Gasteiger partial charge in [0, 0.05) is 12.6 Å². The number of hydrogen-bond donors (Lipinski definition) is 2. The van der Waals surface area contributed by atoms with Crippen molar-refractivity contribution in [2.45, 2.75) is 20.3 Å². The second-order valence-electron chi connectivity index (χ2n) is 5.84. The highest BCUT2D eigenvalue weighted by molar-refractivity contribution is 5.98. The number of anilines is 1. The smallest absolute Gasteiger partial charge is 0.251 e. The van der Waals surface area contributed by atoms with Gasteiger partial charge in [-0.05, 0) is 49.2 Å². The number of ether oxygens (including phenoxy) is 2. The number of methoxy groups -OCH3 is 1. The van der Waals surface area contributed by atoms with Crippen molar-refractivity contribution < 1.29 is 19.1 Å². The zero-order chi connectivity index (χ0) is 19.1. The van der Waals surface area contributed by atoms with Gasteiger partial charge in [-0.2, -0.15) is 0 Å². The Balaban J connectivity index is 1.98. The molecule has 2 N–H and O–H groups in total. The third-order valence-electron chi connectivity index (χ3n) is 4.10. The highest BCUT2D eigenvalue weighted by Crippen LogP contribution is 2.26. The van der Waals surface area contributed by atoms with E-state index in [9.17, 15) is 9.59 Å². The van der Waals surface area contributed by atoms with Gasteiger partial charge in [0.1, 0.15) is 11.5 Å². The Morgan fingerprint density at radius 3 is 2.54 bits per heavy atom. The predicted molar refractivity (Wildman–Crippen MR) is 101 cm³/mol. The summed E-state index contributed by atoms with van der Waals surface area (Å²) in [6.07, 6.45) is 0.181. The summed E-state index contributed by atoms with van der Waals surface area (Å²) < 4.78 is 10.9. The summed E-state index contributed by atoms with van der Waals surface area (Å²) in [5.41, 5.74) is 3.09. The molecule has 6 heteroatoms. The van der Waals surface area contributed by atoms with Gasteiger partial charge < -0.3 is 20.1 Å². The molecular formula is C20H24N2O4. The molecule has 0 aliphatic carbocycles. The first-order valence-corrected chi connectivity index (χ1v) is 8.35. The number of aryl methyl sites for hydroxylation is 1. The van der Waals surface area contributed by atoms with Gasteiger partial charge in [0.25, 0.3) is 5.91 Å². The lowest BCUT2D eigenvalue weighted by molar-refractivity contribution is -0.116. The van der Waals surface area contributed by atoms with Crippen LogP contribution in [0.25, 0.3) is 0 Å². The molecule has 2 aromatic carbocycles. The minimum atomic E-state index is -0.235. The average Bonchev–Trinajstić information content (AvgIpc) is 2.64. The molecule has 26 heavy (non-hydrogen) atoms. The Bertz CT molecular complexity index is 802. The molecule has 0 fully saturated rings. The monoisotopic (exact) mass is 356 g/mol. The van der Waals surface area contributed by atoms with Crippen molar-refractivity contribution in [3.63, 3.8) is 0 Å². The lowest BCUT2D eigenvalue weighted by Crippen LogP contribution is -2.19. The van der Waals surface area contributed by atoms with Gasteiger partial charge in [-0.25, -0.2) is 0 Å². The molecule has 0 aromatic heterocycles. The van der Waals surface area contributed by atoms with Gasteiger partial charge in [0.2, 0.25) is 5.91 Å². The molecule has 6 nitrogen and oxygen atoms in total. The summed E-state index contributed by atoms with van der Waals surface area (Å²) in [6, 6.07) is 10.7. The fourth-order valence-electron chi connectivity index (χ4n) is 2.44. The number of amides is 2. The minimum Gasteiger partial charge on any atom is -0.495 e. The van der Waals surface area contributed by atoms with E-state index in [1.165, 1.54) is 7.11 Å². The van der Waals surface area contributed by atoms with Crippen LogP contribution in [0.4, 0.5) is 5.69 Å². The quantitative estimate of drug-likeness (QED) is 0.799. The highest BCUT2D eigenvalue weighted by atomic mass is 16.5. The second kappa shape index (κ2) is 8.89. The predicted octanol–water partition coefficient (Wildman–Crippen LogP) is 3.08. The van der Waals surface area contributed by atoms with E-state index in [1.807, 2.05) is 32.0 Å². The summed E-state index contributed by atoms with van der Waals surface area (Å²) >= 11 is 0. The Kier molecular flexibility index (Phi) is 6.60. The van der Waals surface area contributed by atoms with Crippen LogP contribution < -0.4 is 20.1 Å². The summed E-state index contributed by atoms with van der Waals surface area (Å²) in [5, 5.41) is 5.32. The fourth-order valence-corrected chi connectivity index (χ4v) is 2.44. The number of carbonyl (C=O) groups excluding carboxylic acids is 2. The standard InChI is InChI=1S/C20H24N2O4/c1-13-6-5-7-17(14(13)2)26-11-10-19(23)22-16-12-15(20(24)21-3)8-9-18(16)25-4/h5-9,12H,10-11H2,1-4H3,(H,21,24)(H,22,23). The molecule has 0 unspecified atom stereocenters. The summed E-state index contributed by atoms with van der Waals surface area (Å²) in [7, 11) is 3.06. The average molecular weight is 356 g/mol. The summed E-state index contributed by atoms with van der Waals surface area (Å²) in [5.74, 6) is 0.808. The van der Waals surface area contributed by atoms with Crippen LogP contribution in [0.3, 0.4) is 0 Å². The zero-order valence-electron chi connectivity index (χ0n) is 15.5. The molecule has 0 radical (unpaired) electrons. The molecule has 0 saturated heterocycles. The lowest BCUT2D eigenvalue weighted by atomic mass is 10.1. The van der Waals surface area contributed by atoms with Gasteiger partial charge >= 0.3 is 0 Å². The first-order valence-electron chi connectivity index (χ1n) is 8.35. The van der Waals surface area contributed by atoms with Crippen molar-refractivity contribution in [2.24, 2.45) is 0 Å². The molecule has 2 rings (SSSR count). The number of nitrogens with one attached hydrogen (secondary N) is 2. The molecule has 0 aliphatic rings. The van der Waals surface area contributed by atoms with Gasteiger partial charge in [-0.15, -0.1) is 0 Å².